The molecule has 1 heterocycles. The molecule has 0 aliphatic rings. The summed E-state index contributed by atoms with van der Waals surface area (Å²) < 4.78 is 9.12. The van der Waals surface area contributed by atoms with E-state index >= 15 is 0 Å². The average molecular weight is 336 g/mol. The van der Waals surface area contributed by atoms with E-state index in [2.05, 4.69) is 4.37 Å². The molecule has 0 atom stereocenters. The average Bonchev–Trinajstić information content (AvgIpc) is 3.01. The lowest BCUT2D eigenvalue weighted by Gasteiger charge is -2.07. The zero-order valence-corrected chi connectivity index (χ0v) is 14.2. The highest BCUT2D eigenvalue weighted by Gasteiger charge is 2.17. The van der Waals surface area contributed by atoms with Gasteiger partial charge in [0.05, 0.1) is 12.8 Å². The Morgan fingerprint density at radius 2 is 1.54 bits per heavy atom. The molecule has 4 nitrogen and oxygen atoms in total. The lowest BCUT2D eigenvalue weighted by molar-refractivity contribution is 0.0605. The van der Waals surface area contributed by atoms with Crippen molar-refractivity contribution >= 4 is 29.0 Å². The third kappa shape index (κ3) is 3.26. The van der Waals surface area contributed by atoms with Crippen LogP contribution in [0.15, 0.2) is 65.7 Å². The number of ether oxygens (including phenoxy) is 1. The van der Waals surface area contributed by atoms with E-state index in [9.17, 15) is 4.79 Å². The molecule has 24 heavy (non-hydrogen) atoms. The second-order valence-corrected chi connectivity index (χ2v) is 5.92. The SMILES string of the molecule is COC(=O)c1snc(N=C(c2ccccc2)c2ccccc2)c1C. The second kappa shape index (κ2) is 7.19. The summed E-state index contributed by atoms with van der Waals surface area (Å²) in [5, 5.41) is 0. The van der Waals surface area contributed by atoms with Crippen LogP contribution in [-0.2, 0) is 4.74 Å². The van der Waals surface area contributed by atoms with Crippen LogP contribution in [0, 0.1) is 6.92 Å². The van der Waals surface area contributed by atoms with Gasteiger partial charge in [-0.2, -0.15) is 4.37 Å². The molecule has 0 amide bonds. The molecule has 3 aromatic rings. The smallest absolute Gasteiger partial charge is 0.350 e. The van der Waals surface area contributed by atoms with Crippen molar-refractivity contribution in [3.8, 4) is 0 Å². The number of hydrogen-bond acceptors (Lipinski definition) is 5. The number of esters is 1. The third-order valence-corrected chi connectivity index (χ3v) is 4.50. The Bertz CT molecular complexity index is 829. The van der Waals surface area contributed by atoms with Gasteiger partial charge in [0.1, 0.15) is 4.88 Å². The molecule has 5 heteroatoms. The molecule has 0 fully saturated rings. The van der Waals surface area contributed by atoms with Crippen molar-refractivity contribution in [2.45, 2.75) is 6.92 Å². The maximum absolute atomic E-state index is 11.8. The summed E-state index contributed by atoms with van der Waals surface area (Å²) in [4.78, 5) is 17.0. The van der Waals surface area contributed by atoms with Crippen LogP contribution in [0.1, 0.15) is 26.4 Å². The summed E-state index contributed by atoms with van der Waals surface area (Å²) in [6.45, 7) is 1.84. The topological polar surface area (TPSA) is 51.5 Å². The van der Waals surface area contributed by atoms with E-state index in [0.29, 0.717) is 10.7 Å². The fourth-order valence-electron chi connectivity index (χ4n) is 2.31. The molecule has 0 bridgehead atoms. The van der Waals surface area contributed by atoms with E-state index in [1.807, 2.05) is 67.6 Å². The lowest BCUT2D eigenvalue weighted by Crippen LogP contribution is -2.03. The first-order chi connectivity index (χ1) is 11.7. The lowest BCUT2D eigenvalue weighted by atomic mass is 10.0. The van der Waals surface area contributed by atoms with Gasteiger partial charge in [0, 0.05) is 16.7 Å². The van der Waals surface area contributed by atoms with Crippen LogP contribution in [0.5, 0.6) is 0 Å². The molecule has 0 N–H and O–H groups in total. The van der Waals surface area contributed by atoms with Crippen molar-refractivity contribution in [2.24, 2.45) is 4.99 Å². The normalized spacial score (nSPS) is 10.2. The van der Waals surface area contributed by atoms with Crippen LogP contribution in [0.3, 0.4) is 0 Å². The Labute approximate surface area is 144 Å². The third-order valence-electron chi connectivity index (χ3n) is 3.58. The molecule has 0 aliphatic heterocycles. The molecule has 0 unspecified atom stereocenters. The molecular formula is C19H16N2O2S. The molecule has 0 radical (unpaired) electrons. The zero-order valence-electron chi connectivity index (χ0n) is 13.4. The highest BCUT2D eigenvalue weighted by molar-refractivity contribution is 7.08. The molecule has 0 saturated heterocycles. The fourth-order valence-corrected chi connectivity index (χ4v) is 3.05. The number of benzene rings is 2. The van der Waals surface area contributed by atoms with Crippen LogP contribution in [0.25, 0.3) is 0 Å². The molecule has 1 aromatic heterocycles. The van der Waals surface area contributed by atoms with Gasteiger partial charge in [0.25, 0.3) is 0 Å². The van der Waals surface area contributed by atoms with E-state index in [0.717, 1.165) is 33.9 Å². The standard InChI is InChI=1S/C19H16N2O2S/c1-13-17(19(22)23-2)24-21-18(13)20-16(14-9-5-3-6-10-14)15-11-7-4-8-12-15/h3-12H,1-2H3. The monoisotopic (exact) mass is 336 g/mol. The van der Waals surface area contributed by atoms with Gasteiger partial charge in [-0.25, -0.2) is 9.79 Å². The second-order valence-electron chi connectivity index (χ2n) is 5.14. The number of methoxy groups -OCH3 is 1. The molecule has 3 rings (SSSR count). The van der Waals surface area contributed by atoms with Crippen LogP contribution in [0.2, 0.25) is 0 Å². The van der Waals surface area contributed by atoms with Crippen molar-refractivity contribution in [3.05, 3.63) is 82.2 Å². The number of aromatic nitrogens is 1. The number of nitrogens with zero attached hydrogens (tertiary/aromatic N) is 2. The predicted octanol–water partition coefficient (Wildman–Crippen LogP) is 4.41. The maximum Gasteiger partial charge on any atom is 0.350 e. The highest BCUT2D eigenvalue weighted by atomic mass is 32.1. The summed E-state index contributed by atoms with van der Waals surface area (Å²) in [7, 11) is 1.36. The first kappa shape index (κ1) is 16.1. The quantitative estimate of drug-likeness (QED) is 0.524. The first-order valence-electron chi connectivity index (χ1n) is 7.45. The van der Waals surface area contributed by atoms with Crippen molar-refractivity contribution in [2.75, 3.05) is 7.11 Å². The van der Waals surface area contributed by atoms with Crippen molar-refractivity contribution in [1.29, 1.82) is 0 Å². The summed E-state index contributed by atoms with van der Waals surface area (Å²) in [5.41, 5.74) is 3.55. The van der Waals surface area contributed by atoms with Crippen LogP contribution in [0.4, 0.5) is 5.82 Å². The van der Waals surface area contributed by atoms with Crippen LogP contribution in [-0.4, -0.2) is 23.2 Å². The van der Waals surface area contributed by atoms with Gasteiger partial charge >= 0.3 is 5.97 Å². The van der Waals surface area contributed by atoms with E-state index < -0.39 is 0 Å². The fraction of sp³-hybridized carbons (Fsp3) is 0.105. The Hall–Kier alpha value is -2.79. The number of carbonyl (C=O) groups excluding carboxylic acids is 1. The minimum atomic E-state index is -0.382. The maximum atomic E-state index is 11.8. The summed E-state index contributed by atoms with van der Waals surface area (Å²) in [5.74, 6) is 0.163. The number of hydrogen-bond donors (Lipinski definition) is 0. The summed E-state index contributed by atoms with van der Waals surface area (Å²) in [6.07, 6.45) is 0. The van der Waals surface area contributed by atoms with Crippen molar-refractivity contribution in [3.63, 3.8) is 0 Å². The Kier molecular flexibility index (Phi) is 4.82. The summed E-state index contributed by atoms with van der Waals surface area (Å²) >= 11 is 1.11. The van der Waals surface area contributed by atoms with Gasteiger partial charge in [0.2, 0.25) is 0 Å². The van der Waals surface area contributed by atoms with E-state index in [4.69, 9.17) is 9.73 Å². The predicted molar refractivity (Wildman–Crippen MR) is 96.4 cm³/mol. The van der Waals surface area contributed by atoms with Gasteiger partial charge in [-0.1, -0.05) is 60.7 Å². The van der Waals surface area contributed by atoms with Crippen molar-refractivity contribution in [1.82, 2.24) is 4.37 Å². The zero-order chi connectivity index (χ0) is 16.9. The van der Waals surface area contributed by atoms with E-state index in [1.165, 1.54) is 7.11 Å². The molecule has 2 aromatic carbocycles. The number of carbonyl (C=O) groups is 1. The molecule has 0 saturated carbocycles. The highest BCUT2D eigenvalue weighted by Crippen LogP contribution is 2.27. The molecule has 120 valence electrons. The van der Waals surface area contributed by atoms with Gasteiger partial charge < -0.3 is 4.74 Å². The van der Waals surface area contributed by atoms with Gasteiger partial charge in [-0.15, -0.1) is 0 Å². The number of aliphatic imine (C=N–C) groups is 1. The van der Waals surface area contributed by atoms with Crippen molar-refractivity contribution < 1.29 is 9.53 Å². The molecule has 0 aliphatic carbocycles. The van der Waals surface area contributed by atoms with Gasteiger partial charge in [0.15, 0.2) is 5.82 Å². The first-order valence-corrected chi connectivity index (χ1v) is 8.22. The molecule has 0 spiro atoms. The number of rotatable bonds is 4. The Morgan fingerprint density at radius 1 is 1.00 bits per heavy atom. The van der Waals surface area contributed by atoms with Gasteiger partial charge in [-0.3, -0.25) is 0 Å². The van der Waals surface area contributed by atoms with Gasteiger partial charge in [-0.05, 0) is 18.5 Å². The summed E-state index contributed by atoms with van der Waals surface area (Å²) in [6, 6.07) is 19.9. The minimum absolute atomic E-state index is 0.382. The minimum Gasteiger partial charge on any atom is -0.465 e. The Balaban J connectivity index is 2.12. The molecular weight excluding hydrogens is 320 g/mol. The van der Waals surface area contributed by atoms with E-state index in [1.54, 1.807) is 0 Å². The van der Waals surface area contributed by atoms with Crippen LogP contribution < -0.4 is 0 Å². The Morgan fingerprint density at radius 3 is 2.04 bits per heavy atom. The largest absolute Gasteiger partial charge is 0.465 e. The van der Waals surface area contributed by atoms with E-state index in [-0.39, 0.29) is 5.97 Å². The van der Waals surface area contributed by atoms with Crippen LogP contribution >= 0.6 is 11.5 Å².